The lowest BCUT2D eigenvalue weighted by atomic mass is 10.1. The molecule has 19 heavy (non-hydrogen) atoms. The van der Waals surface area contributed by atoms with Crippen molar-refractivity contribution in [2.24, 2.45) is 0 Å². The molecule has 0 aliphatic rings. The SMILES string of the molecule is Cc1c(Cl)ccc([N+](=O)[O-])c1NC(=O)OC(C)(C)C. The monoisotopic (exact) mass is 286 g/mol. The molecule has 0 bridgehead atoms. The Morgan fingerprint density at radius 1 is 1.42 bits per heavy atom. The van der Waals surface area contributed by atoms with Crippen LogP contribution >= 0.6 is 11.6 Å². The average molecular weight is 287 g/mol. The first-order valence-corrected chi connectivity index (χ1v) is 5.93. The molecule has 0 radical (unpaired) electrons. The van der Waals surface area contributed by atoms with E-state index in [9.17, 15) is 14.9 Å². The lowest BCUT2D eigenvalue weighted by Crippen LogP contribution is -2.27. The van der Waals surface area contributed by atoms with Gasteiger partial charge in [0.05, 0.1) is 4.92 Å². The van der Waals surface area contributed by atoms with Gasteiger partial charge < -0.3 is 4.74 Å². The number of benzene rings is 1. The highest BCUT2D eigenvalue weighted by molar-refractivity contribution is 6.32. The molecular formula is C12H15ClN2O4. The number of nitrogens with one attached hydrogen (secondary N) is 1. The van der Waals surface area contributed by atoms with Crippen LogP contribution in [0.15, 0.2) is 12.1 Å². The molecule has 0 aliphatic carbocycles. The van der Waals surface area contributed by atoms with Crippen LogP contribution < -0.4 is 5.32 Å². The Kier molecular flexibility index (Phi) is 4.36. The quantitative estimate of drug-likeness (QED) is 0.660. The van der Waals surface area contributed by atoms with Crippen molar-refractivity contribution in [3.8, 4) is 0 Å². The molecule has 1 aromatic carbocycles. The smallest absolute Gasteiger partial charge is 0.412 e. The van der Waals surface area contributed by atoms with Gasteiger partial charge in [0, 0.05) is 11.1 Å². The van der Waals surface area contributed by atoms with Gasteiger partial charge in [-0.15, -0.1) is 0 Å². The minimum Gasteiger partial charge on any atom is -0.444 e. The van der Waals surface area contributed by atoms with Crippen molar-refractivity contribution in [2.75, 3.05) is 5.32 Å². The van der Waals surface area contributed by atoms with Gasteiger partial charge >= 0.3 is 6.09 Å². The normalized spacial score (nSPS) is 11.0. The summed E-state index contributed by atoms with van der Waals surface area (Å²) in [5.74, 6) is 0. The summed E-state index contributed by atoms with van der Waals surface area (Å²) < 4.78 is 5.06. The molecule has 1 aromatic rings. The zero-order valence-electron chi connectivity index (χ0n) is 11.1. The number of anilines is 1. The number of carbonyl (C=O) groups is 1. The minimum atomic E-state index is -0.763. The largest absolute Gasteiger partial charge is 0.444 e. The van der Waals surface area contributed by atoms with Gasteiger partial charge in [-0.05, 0) is 39.3 Å². The fourth-order valence-electron chi connectivity index (χ4n) is 1.39. The number of hydrogen-bond acceptors (Lipinski definition) is 4. The van der Waals surface area contributed by atoms with Gasteiger partial charge in [0.15, 0.2) is 0 Å². The zero-order valence-corrected chi connectivity index (χ0v) is 11.9. The molecule has 0 fully saturated rings. The Bertz CT molecular complexity index is 523. The standard InChI is InChI=1S/C12H15ClN2O4/c1-7-8(13)5-6-9(15(17)18)10(7)14-11(16)19-12(2,3)4/h5-6H,1-4H3,(H,14,16). The summed E-state index contributed by atoms with van der Waals surface area (Å²) in [6, 6.07) is 2.65. The van der Waals surface area contributed by atoms with Crippen LogP contribution in [0.1, 0.15) is 26.3 Å². The van der Waals surface area contributed by atoms with Crippen molar-refractivity contribution in [3.05, 3.63) is 32.8 Å². The summed E-state index contributed by atoms with van der Waals surface area (Å²) in [5.41, 5.74) is -0.452. The van der Waals surface area contributed by atoms with Crippen molar-refractivity contribution in [1.82, 2.24) is 0 Å². The van der Waals surface area contributed by atoms with Crippen LogP contribution in [-0.2, 0) is 4.74 Å². The highest BCUT2D eigenvalue weighted by Crippen LogP contribution is 2.33. The number of hydrogen-bond donors (Lipinski definition) is 1. The molecule has 0 atom stereocenters. The Morgan fingerprint density at radius 3 is 2.47 bits per heavy atom. The lowest BCUT2D eigenvalue weighted by Gasteiger charge is -2.20. The number of halogens is 1. The molecule has 0 heterocycles. The molecule has 7 heteroatoms. The molecule has 0 saturated carbocycles. The van der Waals surface area contributed by atoms with Crippen LogP contribution in [0, 0.1) is 17.0 Å². The fourth-order valence-corrected chi connectivity index (χ4v) is 1.55. The van der Waals surface area contributed by atoms with Crippen LogP contribution in [0.4, 0.5) is 16.2 Å². The Balaban J connectivity index is 3.09. The second kappa shape index (κ2) is 5.44. The predicted octanol–water partition coefficient (Wildman–Crippen LogP) is 3.90. The second-order valence-electron chi connectivity index (χ2n) is 4.95. The van der Waals surface area contributed by atoms with E-state index in [1.54, 1.807) is 27.7 Å². The third-order valence-electron chi connectivity index (χ3n) is 2.20. The van der Waals surface area contributed by atoms with E-state index < -0.39 is 16.6 Å². The predicted molar refractivity (Wildman–Crippen MR) is 72.7 cm³/mol. The molecule has 104 valence electrons. The van der Waals surface area contributed by atoms with Gasteiger partial charge in [0.2, 0.25) is 0 Å². The summed E-state index contributed by atoms with van der Waals surface area (Å²) >= 11 is 5.89. The van der Waals surface area contributed by atoms with Gasteiger partial charge in [0.25, 0.3) is 5.69 Å². The van der Waals surface area contributed by atoms with Crippen LogP contribution in [-0.4, -0.2) is 16.6 Å². The minimum absolute atomic E-state index is 0.0479. The maximum absolute atomic E-state index is 11.7. The van der Waals surface area contributed by atoms with E-state index in [4.69, 9.17) is 16.3 Å². The molecule has 1 N–H and O–H groups in total. The number of amides is 1. The van der Waals surface area contributed by atoms with E-state index >= 15 is 0 Å². The third kappa shape index (κ3) is 4.10. The van der Waals surface area contributed by atoms with Gasteiger partial charge in [-0.1, -0.05) is 11.6 Å². The molecule has 0 saturated heterocycles. The van der Waals surface area contributed by atoms with Crippen LogP contribution in [0.25, 0.3) is 0 Å². The van der Waals surface area contributed by atoms with Crippen LogP contribution in [0.3, 0.4) is 0 Å². The lowest BCUT2D eigenvalue weighted by molar-refractivity contribution is -0.384. The average Bonchev–Trinajstić information content (AvgIpc) is 2.21. The summed E-state index contributed by atoms with van der Waals surface area (Å²) in [6.07, 6.45) is -0.763. The van der Waals surface area contributed by atoms with Crippen molar-refractivity contribution >= 4 is 29.1 Å². The summed E-state index contributed by atoms with van der Waals surface area (Å²) in [6.45, 7) is 6.69. The second-order valence-corrected chi connectivity index (χ2v) is 5.36. The number of nitro groups is 1. The summed E-state index contributed by atoms with van der Waals surface area (Å²) in [4.78, 5) is 22.0. The molecule has 0 unspecified atom stereocenters. The summed E-state index contributed by atoms with van der Waals surface area (Å²) in [7, 11) is 0. The molecule has 1 rings (SSSR count). The van der Waals surface area contributed by atoms with Crippen LogP contribution in [0.5, 0.6) is 0 Å². The topological polar surface area (TPSA) is 81.5 Å². The van der Waals surface area contributed by atoms with Crippen molar-refractivity contribution in [1.29, 1.82) is 0 Å². The number of nitro benzene ring substituents is 1. The van der Waals surface area contributed by atoms with Gasteiger partial charge in [-0.2, -0.15) is 0 Å². The van der Waals surface area contributed by atoms with E-state index in [1.807, 2.05) is 0 Å². The first-order valence-electron chi connectivity index (χ1n) is 5.55. The van der Waals surface area contributed by atoms with E-state index in [0.29, 0.717) is 10.6 Å². The molecule has 0 aromatic heterocycles. The van der Waals surface area contributed by atoms with Gasteiger partial charge in [-0.3, -0.25) is 15.4 Å². The molecule has 0 spiro atoms. The molecule has 1 amide bonds. The Labute approximate surface area is 115 Å². The number of ether oxygens (including phenoxy) is 1. The molecule has 0 aliphatic heterocycles. The summed E-state index contributed by atoms with van der Waals surface area (Å²) in [5, 5.41) is 13.6. The van der Waals surface area contributed by atoms with E-state index in [2.05, 4.69) is 5.32 Å². The van der Waals surface area contributed by atoms with Crippen molar-refractivity contribution < 1.29 is 14.5 Å². The van der Waals surface area contributed by atoms with Crippen LogP contribution in [0.2, 0.25) is 5.02 Å². The Hall–Kier alpha value is -1.82. The highest BCUT2D eigenvalue weighted by Gasteiger charge is 2.23. The Morgan fingerprint density at radius 2 is 2.00 bits per heavy atom. The first kappa shape index (κ1) is 15.2. The van der Waals surface area contributed by atoms with Crippen molar-refractivity contribution in [3.63, 3.8) is 0 Å². The third-order valence-corrected chi connectivity index (χ3v) is 2.61. The highest BCUT2D eigenvalue weighted by atomic mass is 35.5. The molecular weight excluding hydrogens is 272 g/mol. The molecule has 6 nitrogen and oxygen atoms in total. The maximum Gasteiger partial charge on any atom is 0.412 e. The van der Waals surface area contributed by atoms with E-state index in [0.717, 1.165) is 0 Å². The fraction of sp³-hybridized carbons (Fsp3) is 0.417. The first-order chi connectivity index (χ1) is 8.61. The maximum atomic E-state index is 11.7. The number of nitrogens with zero attached hydrogens (tertiary/aromatic N) is 1. The number of rotatable bonds is 2. The van der Waals surface area contributed by atoms with Gasteiger partial charge in [-0.25, -0.2) is 4.79 Å². The van der Waals surface area contributed by atoms with Gasteiger partial charge in [0.1, 0.15) is 11.3 Å². The van der Waals surface area contributed by atoms with Crippen molar-refractivity contribution in [2.45, 2.75) is 33.3 Å². The van der Waals surface area contributed by atoms with E-state index in [1.165, 1.54) is 12.1 Å². The number of carbonyl (C=O) groups excluding carboxylic acids is 1. The zero-order chi connectivity index (χ0) is 14.8. The van der Waals surface area contributed by atoms with E-state index in [-0.39, 0.29) is 11.4 Å².